The second kappa shape index (κ2) is 2.09. The van der Waals surface area contributed by atoms with Crippen molar-refractivity contribution in [2.24, 2.45) is 0 Å². The highest BCUT2D eigenvalue weighted by molar-refractivity contribution is 4.95. The van der Waals surface area contributed by atoms with Crippen molar-refractivity contribution >= 4 is 0 Å². The summed E-state index contributed by atoms with van der Waals surface area (Å²) in [5.74, 6) is 0. The van der Waals surface area contributed by atoms with Gasteiger partial charge in [0, 0.05) is 13.1 Å². The third-order valence-electron chi connectivity index (χ3n) is 0.974. The molecular weight excluding hydrogens is 90.1 g/mol. The van der Waals surface area contributed by atoms with Crippen molar-refractivity contribution in [2.75, 3.05) is 13.1 Å². The fraction of sp³-hybridized carbons (Fsp3) is 0.600. The van der Waals surface area contributed by atoms with Crippen molar-refractivity contribution in [3.63, 3.8) is 0 Å². The van der Waals surface area contributed by atoms with Crippen LogP contribution in [0.15, 0.2) is 12.2 Å². The van der Waals surface area contributed by atoms with Crippen molar-refractivity contribution in [1.82, 2.24) is 5.32 Å². The van der Waals surface area contributed by atoms with E-state index in [1.807, 2.05) is 6.08 Å². The molecule has 1 atom stereocenters. The van der Waals surface area contributed by atoms with Crippen LogP contribution < -0.4 is 5.32 Å². The van der Waals surface area contributed by atoms with Gasteiger partial charge < -0.3 is 10.4 Å². The highest BCUT2D eigenvalue weighted by Gasteiger charge is 1.99. The SMILES string of the molecule is O[C@@H]1C=CCNC1. The van der Waals surface area contributed by atoms with Crippen LogP contribution in [0.2, 0.25) is 0 Å². The van der Waals surface area contributed by atoms with Crippen molar-refractivity contribution in [3.8, 4) is 0 Å². The Labute approximate surface area is 42.8 Å². The predicted octanol–water partition coefficient (Wildman–Crippen LogP) is -0.493. The first-order valence-corrected chi connectivity index (χ1v) is 2.45. The summed E-state index contributed by atoms with van der Waals surface area (Å²) in [5.41, 5.74) is 0. The van der Waals surface area contributed by atoms with E-state index in [2.05, 4.69) is 5.32 Å². The van der Waals surface area contributed by atoms with Gasteiger partial charge in [-0.2, -0.15) is 0 Å². The third-order valence-corrected chi connectivity index (χ3v) is 0.974. The first-order chi connectivity index (χ1) is 3.39. The Hall–Kier alpha value is -0.340. The summed E-state index contributed by atoms with van der Waals surface area (Å²) in [6.45, 7) is 1.60. The molecule has 0 saturated heterocycles. The minimum Gasteiger partial charge on any atom is -0.388 e. The van der Waals surface area contributed by atoms with E-state index in [1.54, 1.807) is 6.08 Å². The quantitative estimate of drug-likeness (QED) is 0.401. The fourth-order valence-corrected chi connectivity index (χ4v) is 0.608. The number of nitrogens with one attached hydrogen (secondary N) is 1. The lowest BCUT2D eigenvalue weighted by Gasteiger charge is -2.09. The Morgan fingerprint density at radius 1 is 1.71 bits per heavy atom. The molecule has 1 aliphatic rings. The molecule has 1 aliphatic heterocycles. The molecule has 0 aromatic carbocycles. The second-order valence-corrected chi connectivity index (χ2v) is 1.65. The lowest BCUT2D eigenvalue weighted by atomic mass is 10.2. The Bertz CT molecular complexity index is 80.1. The minimum absolute atomic E-state index is 0.256. The average Bonchev–Trinajstić information content (AvgIpc) is 1.69. The average molecular weight is 99.1 g/mol. The maximum Gasteiger partial charge on any atom is 0.0845 e. The van der Waals surface area contributed by atoms with Gasteiger partial charge in [-0.1, -0.05) is 12.2 Å². The van der Waals surface area contributed by atoms with Gasteiger partial charge in [-0.25, -0.2) is 0 Å². The highest BCUT2D eigenvalue weighted by atomic mass is 16.3. The molecule has 0 aliphatic carbocycles. The molecule has 0 aromatic rings. The standard InChI is InChI=1S/C5H9NO/c7-5-2-1-3-6-4-5/h1-2,5-7H,3-4H2/t5-/m1/s1. The number of aliphatic hydroxyl groups is 1. The molecular formula is C5H9NO. The summed E-state index contributed by atoms with van der Waals surface area (Å²) < 4.78 is 0. The van der Waals surface area contributed by atoms with Crippen LogP contribution in [0.1, 0.15) is 0 Å². The molecule has 0 spiro atoms. The molecule has 0 aromatic heterocycles. The predicted molar refractivity (Wildman–Crippen MR) is 28.0 cm³/mol. The van der Waals surface area contributed by atoms with Crippen molar-refractivity contribution < 1.29 is 5.11 Å². The number of hydrogen-bond donors (Lipinski definition) is 2. The lowest BCUT2D eigenvalue weighted by molar-refractivity contribution is 0.215. The summed E-state index contributed by atoms with van der Waals surface area (Å²) in [5, 5.41) is 11.8. The fourth-order valence-electron chi connectivity index (χ4n) is 0.608. The number of β-amino-alcohol motifs (C(OH)–C–C–N with tert-alkyl or cyclic N) is 1. The summed E-state index contributed by atoms with van der Waals surface area (Å²) >= 11 is 0. The smallest absolute Gasteiger partial charge is 0.0845 e. The largest absolute Gasteiger partial charge is 0.388 e. The van der Waals surface area contributed by atoms with E-state index in [-0.39, 0.29) is 6.10 Å². The van der Waals surface area contributed by atoms with E-state index in [9.17, 15) is 0 Å². The van der Waals surface area contributed by atoms with Gasteiger partial charge in [-0.3, -0.25) is 0 Å². The molecule has 0 radical (unpaired) electrons. The molecule has 1 heterocycles. The van der Waals surface area contributed by atoms with E-state index >= 15 is 0 Å². The van der Waals surface area contributed by atoms with Crippen LogP contribution >= 0.6 is 0 Å². The maximum atomic E-state index is 8.76. The van der Waals surface area contributed by atoms with Crippen LogP contribution in [-0.4, -0.2) is 24.3 Å². The monoisotopic (exact) mass is 99.1 g/mol. The van der Waals surface area contributed by atoms with Crippen molar-refractivity contribution in [2.45, 2.75) is 6.10 Å². The normalized spacial score (nSPS) is 30.7. The zero-order valence-corrected chi connectivity index (χ0v) is 4.09. The summed E-state index contributed by atoms with van der Waals surface area (Å²) in [6.07, 6.45) is 3.47. The van der Waals surface area contributed by atoms with Crippen LogP contribution in [0.5, 0.6) is 0 Å². The molecule has 1 rings (SSSR count). The van der Waals surface area contributed by atoms with E-state index in [1.165, 1.54) is 0 Å². The molecule has 7 heavy (non-hydrogen) atoms. The minimum atomic E-state index is -0.256. The second-order valence-electron chi connectivity index (χ2n) is 1.65. The number of hydrogen-bond acceptors (Lipinski definition) is 2. The summed E-state index contributed by atoms with van der Waals surface area (Å²) in [7, 11) is 0. The van der Waals surface area contributed by atoms with Gasteiger partial charge in [0.05, 0.1) is 6.10 Å². The van der Waals surface area contributed by atoms with Crippen molar-refractivity contribution in [3.05, 3.63) is 12.2 Å². The Kier molecular flexibility index (Phi) is 1.44. The first kappa shape index (κ1) is 4.81. The van der Waals surface area contributed by atoms with E-state index in [4.69, 9.17) is 5.11 Å². The molecule has 0 bridgehead atoms. The molecule has 0 unspecified atom stereocenters. The molecule has 2 N–H and O–H groups in total. The molecule has 0 saturated carbocycles. The van der Waals surface area contributed by atoms with E-state index in [0.29, 0.717) is 6.54 Å². The van der Waals surface area contributed by atoms with Crippen LogP contribution in [-0.2, 0) is 0 Å². The van der Waals surface area contributed by atoms with Crippen LogP contribution in [0.4, 0.5) is 0 Å². The Balaban J connectivity index is 2.36. The lowest BCUT2D eigenvalue weighted by Crippen LogP contribution is -2.29. The number of rotatable bonds is 0. The molecule has 40 valence electrons. The van der Waals surface area contributed by atoms with Crippen LogP contribution in [0, 0.1) is 0 Å². The van der Waals surface area contributed by atoms with Gasteiger partial charge >= 0.3 is 0 Å². The molecule has 0 amide bonds. The Morgan fingerprint density at radius 3 is 2.86 bits per heavy atom. The van der Waals surface area contributed by atoms with Gasteiger partial charge in [0.15, 0.2) is 0 Å². The highest BCUT2D eigenvalue weighted by Crippen LogP contribution is 1.87. The van der Waals surface area contributed by atoms with Gasteiger partial charge in [0.2, 0.25) is 0 Å². The molecule has 2 heteroatoms. The first-order valence-electron chi connectivity index (χ1n) is 2.45. The summed E-state index contributed by atoms with van der Waals surface area (Å²) in [6, 6.07) is 0. The third kappa shape index (κ3) is 1.29. The van der Waals surface area contributed by atoms with Gasteiger partial charge in [0.25, 0.3) is 0 Å². The van der Waals surface area contributed by atoms with Gasteiger partial charge in [-0.15, -0.1) is 0 Å². The maximum absolute atomic E-state index is 8.76. The van der Waals surface area contributed by atoms with E-state index < -0.39 is 0 Å². The summed E-state index contributed by atoms with van der Waals surface area (Å²) in [4.78, 5) is 0. The number of aliphatic hydroxyl groups excluding tert-OH is 1. The van der Waals surface area contributed by atoms with Crippen LogP contribution in [0.25, 0.3) is 0 Å². The molecule has 2 nitrogen and oxygen atoms in total. The zero-order valence-electron chi connectivity index (χ0n) is 4.09. The van der Waals surface area contributed by atoms with Crippen molar-refractivity contribution in [1.29, 1.82) is 0 Å². The van der Waals surface area contributed by atoms with Gasteiger partial charge in [-0.05, 0) is 0 Å². The topological polar surface area (TPSA) is 32.3 Å². The van der Waals surface area contributed by atoms with E-state index in [0.717, 1.165) is 6.54 Å². The molecule has 0 fully saturated rings. The van der Waals surface area contributed by atoms with Gasteiger partial charge in [0.1, 0.15) is 0 Å². The van der Waals surface area contributed by atoms with Crippen LogP contribution in [0.3, 0.4) is 0 Å². The Morgan fingerprint density at radius 2 is 2.57 bits per heavy atom. The zero-order chi connectivity index (χ0) is 5.11.